The molecule has 2 unspecified atom stereocenters. The Hall–Kier alpha value is -1.10. The van der Waals surface area contributed by atoms with Gasteiger partial charge in [-0.3, -0.25) is 9.59 Å². The second kappa shape index (κ2) is 6.89. The number of hydrogen-bond donors (Lipinski definition) is 2. The van der Waals surface area contributed by atoms with Gasteiger partial charge in [-0.2, -0.15) is 0 Å². The number of rotatable bonds is 6. The first kappa shape index (κ1) is 16.0. The number of ether oxygens (including phenoxy) is 1. The molecule has 0 radical (unpaired) electrons. The number of carboxylic acids is 1. The Labute approximate surface area is 114 Å². The number of hydrogen-bond acceptors (Lipinski definition) is 3. The fraction of sp³-hybridized carbons (Fsp3) is 0.857. The molecule has 0 aromatic carbocycles. The molecule has 5 heteroatoms. The van der Waals surface area contributed by atoms with Crippen LogP contribution >= 0.6 is 0 Å². The Balaban J connectivity index is 2.71. The van der Waals surface area contributed by atoms with Gasteiger partial charge in [-0.25, -0.2) is 0 Å². The highest BCUT2D eigenvalue weighted by molar-refractivity contribution is 5.80. The van der Waals surface area contributed by atoms with E-state index in [0.717, 1.165) is 6.42 Å². The van der Waals surface area contributed by atoms with Gasteiger partial charge in [0.05, 0.1) is 12.0 Å². The Morgan fingerprint density at radius 1 is 1.32 bits per heavy atom. The van der Waals surface area contributed by atoms with Crippen LogP contribution in [0.25, 0.3) is 0 Å². The van der Waals surface area contributed by atoms with Crippen molar-refractivity contribution in [3.63, 3.8) is 0 Å². The normalized spacial score (nSPS) is 21.4. The standard InChI is InChI=1S/C14H25NO4/c1-4-10(2)11(3)13(18)15-14(9-12(16)17)5-7-19-8-6-14/h10-11H,4-9H2,1-3H3,(H,15,18)(H,16,17). The SMILES string of the molecule is CCC(C)C(C)C(=O)NC1(CC(=O)O)CCOCC1. The molecule has 1 rings (SSSR count). The van der Waals surface area contributed by atoms with Crippen LogP contribution in [0.1, 0.15) is 46.5 Å². The predicted molar refractivity (Wildman–Crippen MR) is 71.8 cm³/mol. The third-order valence-corrected chi connectivity index (χ3v) is 4.24. The van der Waals surface area contributed by atoms with Gasteiger partial charge in [0, 0.05) is 19.1 Å². The minimum atomic E-state index is -0.876. The van der Waals surface area contributed by atoms with Gasteiger partial charge < -0.3 is 15.2 Å². The van der Waals surface area contributed by atoms with Gasteiger partial charge in [0.25, 0.3) is 0 Å². The van der Waals surface area contributed by atoms with E-state index in [9.17, 15) is 9.59 Å². The van der Waals surface area contributed by atoms with Crippen molar-refractivity contribution in [2.24, 2.45) is 11.8 Å². The molecule has 5 nitrogen and oxygen atoms in total. The molecule has 19 heavy (non-hydrogen) atoms. The molecule has 2 atom stereocenters. The molecule has 1 heterocycles. The van der Waals surface area contributed by atoms with Crippen LogP contribution in [0.5, 0.6) is 0 Å². The fourth-order valence-corrected chi connectivity index (χ4v) is 2.38. The van der Waals surface area contributed by atoms with Gasteiger partial charge >= 0.3 is 5.97 Å². The monoisotopic (exact) mass is 271 g/mol. The van der Waals surface area contributed by atoms with E-state index < -0.39 is 11.5 Å². The van der Waals surface area contributed by atoms with E-state index in [2.05, 4.69) is 12.2 Å². The van der Waals surface area contributed by atoms with Crippen LogP contribution in [0.2, 0.25) is 0 Å². The molecule has 0 aromatic rings. The highest BCUT2D eigenvalue weighted by atomic mass is 16.5. The average Bonchev–Trinajstić information content (AvgIpc) is 2.36. The zero-order valence-corrected chi connectivity index (χ0v) is 12.1. The second-order valence-electron chi connectivity index (χ2n) is 5.63. The van der Waals surface area contributed by atoms with Crippen LogP contribution in [0.4, 0.5) is 0 Å². The highest BCUT2D eigenvalue weighted by Crippen LogP contribution is 2.26. The van der Waals surface area contributed by atoms with Gasteiger partial charge in [-0.05, 0) is 18.8 Å². The summed E-state index contributed by atoms with van der Waals surface area (Å²) in [6.07, 6.45) is 2.04. The van der Waals surface area contributed by atoms with Gasteiger partial charge in [0.2, 0.25) is 5.91 Å². The Morgan fingerprint density at radius 2 is 1.89 bits per heavy atom. The lowest BCUT2D eigenvalue weighted by atomic mass is 9.84. The minimum Gasteiger partial charge on any atom is -0.481 e. The molecule has 0 aliphatic carbocycles. The quantitative estimate of drug-likeness (QED) is 0.772. The lowest BCUT2D eigenvalue weighted by Crippen LogP contribution is -2.54. The number of carbonyl (C=O) groups is 2. The van der Waals surface area contributed by atoms with Crippen LogP contribution < -0.4 is 5.32 Å². The third-order valence-electron chi connectivity index (χ3n) is 4.24. The summed E-state index contributed by atoms with van der Waals surface area (Å²) in [7, 11) is 0. The first-order chi connectivity index (χ1) is 8.90. The summed E-state index contributed by atoms with van der Waals surface area (Å²) in [5, 5.41) is 12.0. The van der Waals surface area contributed by atoms with Gasteiger partial charge in [0.15, 0.2) is 0 Å². The van der Waals surface area contributed by atoms with Gasteiger partial charge in [-0.15, -0.1) is 0 Å². The summed E-state index contributed by atoms with van der Waals surface area (Å²) in [5.41, 5.74) is -0.636. The number of aliphatic carboxylic acids is 1. The Bertz CT molecular complexity index is 323. The summed E-state index contributed by atoms with van der Waals surface area (Å²) >= 11 is 0. The van der Waals surface area contributed by atoms with Gasteiger partial charge in [0.1, 0.15) is 0 Å². The van der Waals surface area contributed by atoms with Crippen molar-refractivity contribution in [3.05, 3.63) is 0 Å². The molecule has 2 N–H and O–H groups in total. The first-order valence-corrected chi connectivity index (χ1v) is 7.02. The Morgan fingerprint density at radius 3 is 2.37 bits per heavy atom. The molecule has 0 bridgehead atoms. The molecule has 1 aliphatic rings. The maximum absolute atomic E-state index is 12.3. The lowest BCUT2D eigenvalue weighted by Gasteiger charge is -2.38. The maximum atomic E-state index is 12.3. The van der Waals surface area contributed by atoms with Crippen molar-refractivity contribution in [2.45, 2.75) is 52.0 Å². The highest BCUT2D eigenvalue weighted by Gasteiger charge is 2.37. The van der Waals surface area contributed by atoms with Crippen LogP contribution in [-0.4, -0.2) is 35.7 Å². The number of amides is 1. The lowest BCUT2D eigenvalue weighted by molar-refractivity contribution is -0.141. The van der Waals surface area contributed by atoms with Crippen molar-refractivity contribution in [2.75, 3.05) is 13.2 Å². The summed E-state index contributed by atoms with van der Waals surface area (Å²) in [5.74, 6) is -0.726. The van der Waals surface area contributed by atoms with Crippen molar-refractivity contribution in [3.8, 4) is 0 Å². The van der Waals surface area contributed by atoms with Crippen molar-refractivity contribution in [1.29, 1.82) is 0 Å². The van der Waals surface area contributed by atoms with Crippen molar-refractivity contribution < 1.29 is 19.4 Å². The summed E-state index contributed by atoms with van der Waals surface area (Å²) in [6, 6.07) is 0. The van der Waals surface area contributed by atoms with Crippen LogP contribution in [-0.2, 0) is 14.3 Å². The van der Waals surface area contributed by atoms with E-state index in [0.29, 0.717) is 32.0 Å². The molecule has 0 aromatic heterocycles. The number of carbonyl (C=O) groups excluding carboxylic acids is 1. The zero-order valence-electron chi connectivity index (χ0n) is 12.1. The molecule has 1 saturated heterocycles. The summed E-state index contributed by atoms with van der Waals surface area (Å²) < 4.78 is 5.27. The molecular weight excluding hydrogens is 246 g/mol. The molecule has 1 fully saturated rings. The van der Waals surface area contributed by atoms with Crippen LogP contribution in [0.15, 0.2) is 0 Å². The summed E-state index contributed by atoms with van der Waals surface area (Å²) in [4.78, 5) is 23.3. The topological polar surface area (TPSA) is 75.6 Å². The molecule has 0 saturated carbocycles. The largest absolute Gasteiger partial charge is 0.481 e. The van der Waals surface area contributed by atoms with Crippen molar-refractivity contribution >= 4 is 11.9 Å². The van der Waals surface area contributed by atoms with Crippen LogP contribution in [0.3, 0.4) is 0 Å². The molecule has 110 valence electrons. The molecule has 1 amide bonds. The van der Waals surface area contributed by atoms with E-state index in [1.165, 1.54) is 0 Å². The van der Waals surface area contributed by atoms with E-state index >= 15 is 0 Å². The average molecular weight is 271 g/mol. The van der Waals surface area contributed by atoms with E-state index in [-0.39, 0.29) is 18.2 Å². The maximum Gasteiger partial charge on any atom is 0.305 e. The molecule has 1 aliphatic heterocycles. The van der Waals surface area contributed by atoms with E-state index in [1.807, 2.05) is 13.8 Å². The fourth-order valence-electron chi connectivity index (χ4n) is 2.38. The zero-order chi connectivity index (χ0) is 14.5. The minimum absolute atomic E-state index is 0.0324. The van der Waals surface area contributed by atoms with Crippen LogP contribution in [0, 0.1) is 11.8 Å². The van der Waals surface area contributed by atoms with Gasteiger partial charge in [-0.1, -0.05) is 27.2 Å². The first-order valence-electron chi connectivity index (χ1n) is 7.02. The molecular formula is C14H25NO4. The summed E-state index contributed by atoms with van der Waals surface area (Å²) in [6.45, 7) is 7.00. The number of nitrogens with one attached hydrogen (secondary N) is 1. The smallest absolute Gasteiger partial charge is 0.305 e. The predicted octanol–water partition coefficient (Wildman–Crippen LogP) is 1.81. The van der Waals surface area contributed by atoms with E-state index in [1.54, 1.807) is 0 Å². The third kappa shape index (κ3) is 4.49. The number of carboxylic acid groups (broad SMARTS) is 1. The second-order valence-corrected chi connectivity index (χ2v) is 5.63. The van der Waals surface area contributed by atoms with Crippen molar-refractivity contribution in [1.82, 2.24) is 5.32 Å². The Kier molecular flexibility index (Phi) is 5.79. The molecule has 0 spiro atoms. The van der Waals surface area contributed by atoms with E-state index in [4.69, 9.17) is 9.84 Å².